The lowest BCUT2D eigenvalue weighted by molar-refractivity contribution is -0.124. The van der Waals surface area contributed by atoms with Gasteiger partial charge in [0.15, 0.2) is 5.11 Å². The van der Waals surface area contributed by atoms with E-state index in [0.29, 0.717) is 33.1 Å². The molecule has 0 saturated carbocycles. The largest absolute Gasteiger partial charge is 0.332 e. The summed E-state index contributed by atoms with van der Waals surface area (Å²) in [6, 6.07) is 22.6. The summed E-state index contributed by atoms with van der Waals surface area (Å²) >= 11 is 17.7. The Hall–Kier alpha value is -2.93. The number of nitrogens with zero attached hydrogens (tertiary/aromatic N) is 2. The van der Waals surface area contributed by atoms with Gasteiger partial charge in [-0.15, -0.1) is 0 Å². The standard InChI is InChI=1S/C24H19Cl2N3O2S/c25-17-8-6-16(7-9-17)15-28-21(14-22(30)27-19-4-2-1-3-5-19)23(31)29(24(28)32)20-12-10-18(26)11-13-20/h1-13,21H,14-15H2,(H,27,30). The normalized spacial score (nSPS) is 15.9. The monoisotopic (exact) mass is 483 g/mol. The lowest BCUT2D eigenvalue weighted by Gasteiger charge is -2.24. The van der Waals surface area contributed by atoms with Crippen molar-refractivity contribution in [3.05, 3.63) is 94.5 Å². The van der Waals surface area contributed by atoms with Crippen LogP contribution in [0.4, 0.5) is 11.4 Å². The molecule has 1 fully saturated rings. The predicted octanol–water partition coefficient (Wildman–Crippen LogP) is 5.52. The maximum atomic E-state index is 13.4. The number of nitrogens with one attached hydrogen (secondary N) is 1. The number of carbonyl (C=O) groups is 2. The van der Waals surface area contributed by atoms with E-state index in [1.54, 1.807) is 53.4 Å². The SMILES string of the molecule is O=C(CC1C(=O)N(c2ccc(Cl)cc2)C(=S)N1Cc1ccc(Cl)cc1)Nc1ccccc1. The van der Waals surface area contributed by atoms with Gasteiger partial charge in [-0.2, -0.15) is 0 Å². The summed E-state index contributed by atoms with van der Waals surface area (Å²) in [6.07, 6.45) is -0.0362. The summed E-state index contributed by atoms with van der Waals surface area (Å²) in [6.45, 7) is 0.370. The number of para-hydroxylation sites is 1. The number of amides is 2. The molecule has 32 heavy (non-hydrogen) atoms. The first-order valence-corrected chi connectivity index (χ1v) is 11.1. The second kappa shape index (κ2) is 9.69. The van der Waals surface area contributed by atoms with Crippen LogP contribution in [0.25, 0.3) is 0 Å². The third-order valence-electron chi connectivity index (χ3n) is 5.11. The average Bonchev–Trinajstić information content (AvgIpc) is 3.00. The van der Waals surface area contributed by atoms with Crippen molar-refractivity contribution in [2.75, 3.05) is 10.2 Å². The maximum absolute atomic E-state index is 13.4. The number of benzene rings is 3. The second-order valence-corrected chi connectivity index (χ2v) is 8.56. The summed E-state index contributed by atoms with van der Waals surface area (Å²) < 4.78 is 0. The fourth-order valence-corrected chi connectivity index (χ4v) is 4.18. The van der Waals surface area contributed by atoms with Gasteiger partial charge >= 0.3 is 0 Å². The molecule has 162 valence electrons. The fourth-order valence-electron chi connectivity index (χ4n) is 3.54. The highest BCUT2D eigenvalue weighted by Gasteiger charge is 2.44. The third kappa shape index (κ3) is 4.93. The third-order valence-corrected chi connectivity index (χ3v) is 6.03. The lowest BCUT2D eigenvalue weighted by atomic mass is 10.1. The van der Waals surface area contributed by atoms with Crippen LogP contribution < -0.4 is 10.2 Å². The van der Waals surface area contributed by atoms with Crippen LogP contribution in [0.2, 0.25) is 10.0 Å². The Morgan fingerprint density at radius 3 is 2.12 bits per heavy atom. The molecule has 0 bridgehead atoms. The first-order valence-electron chi connectivity index (χ1n) is 9.92. The molecule has 0 radical (unpaired) electrons. The summed E-state index contributed by atoms with van der Waals surface area (Å²) in [5, 5.41) is 4.36. The van der Waals surface area contributed by atoms with E-state index in [1.165, 1.54) is 4.90 Å². The molecule has 1 saturated heterocycles. The minimum Gasteiger partial charge on any atom is -0.332 e. The van der Waals surface area contributed by atoms with Gasteiger partial charge in [0, 0.05) is 22.3 Å². The molecule has 2 amide bonds. The van der Waals surface area contributed by atoms with E-state index in [-0.39, 0.29) is 18.2 Å². The molecule has 1 heterocycles. The van der Waals surface area contributed by atoms with Crippen molar-refractivity contribution < 1.29 is 9.59 Å². The van der Waals surface area contributed by atoms with Crippen LogP contribution in [-0.4, -0.2) is 27.9 Å². The number of halogens is 2. The van der Waals surface area contributed by atoms with Crippen molar-refractivity contribution >= 4 is 63.7 Å². The molecule has 4 rings (SSSR count). The van der Waals surface area contributed by atoms with E-state index in [0.717, 1.165) is 5.56 Å². The molecule has 1 aliphatic heterocycles. The van der Waals surface area contributed by atoms with Gasteiger partial charge in [-0.1, -0.05) is 53.5 Å². The van der Waals surface area contributed by atoms with E-state index in [2.05, 4.69) is 5.32 Å². The average molecular weight is 484 g/mol. The highest BCUT2D eigenvalue weighted by Crippen LogP contribution is 2.30. The van der Waals surface area contributed by atoms with Gasteiger partial charge < -0.3 is 10.2 Å². The van der Waals surface area contributed by atoms with E-state index in [9.17, 15) is 9.59 Å². The van der Waals surface area contributed by atoms with Gasteiger partial charge in [-0.05, 0) is 66.3 Å². The molecular weight excluding hydrogens is 465 g/mol. The van der Waals surface area contributed by atoms with Crippen LogP contribution in [-0.2, 0) is 16.1 Å². The first kappa shape index (κ1) is 22.3. The van der Waals surface area contributed by atoms with Crippen LogP contribution >= 0.6 is 35.4 Å². The van der Waals surface area contributed by atoms with Crippen LogP contribution in [0, 0.1) is 0 Å². The van der Waals surface area contributed by atoms with Crippen molar-refractivity contribution in [1.29, 1.82) is 0 Å². The lowest BCUT2D eigenvalue weighted by Crippen LogP contribution is -2.37. The highest BCUT2D eigenvalue weighted by atomic mass is 35.5. The maximum Gasteiger partial charge on any atom is 0.256 e. The van der Waals surface area contributed by atoms with Crippen molar-refractivity contribution in [2.24, 2.45) is 0 Å². The predicted molar refractivity (Wildman–Crippen MR) is 132 cm³/mol. The van der Waals surface area contributed by atoms with Gasteiger partial charge in [0.1, 0.15) is 6.04 Å². The summed E-state index contributed by atoms with van der Waals surface area (Å²) in [7, 11) is 0. The number of thiocarbonyl (C=S) groups is 1. The second-order valence-electron chi connectivity index (χ2n) is 7.32. The van der Waals surface area contributed by atoms with Crippen molar-refractivity contribution in [2.45, 2.75) is 19.0 Å². The van der Waals surface area contributed by atoms with E-state index in [1.807, 2.05) is 30.3 Å². The molecule has 1 unspecified atom stereocenters. The summed E-state index contributed by atoms with van der Waals surface area (Å²) in [5.74, 6) is -0.522. The van der Waals surface area contributed by atoms with Crippen LogP contribution in [0.3, 0.4) is 0 Å². The van der Waals surface area contributed by atoms with Gasteiger partial charge in [0.25, 0.3) is 5.91 Å². The number of carbonyl (C=O) groups excluding carboxylic acids is 2. The molecule has 1 atom stereocenters. The van der Waals surface area contributed by atoms with Crippen molar-refractivity contribution in [3.8, 4) is 0 Å². The Bertz CT molecular complexity index is 1140. The van der Waals surface area contributed by atoms with Gasteiger partial charge in [-0.25, -0.2) is 0 Å². The number of anilines is 2. The Labute approximate surface area is 201 Å². The van der Waals surface area contributed by atoms with E-state index in [4.69, 9.17) is 35.4 Å². The fraction of sp³-hybridized carbons (Fsp3) is 0.125. The summed E-state index contributed by atoms with van der Waals surface area (Å²) in [5.41, 5.74) is 2.21. The zero-order chi connectivity index (χ0) is 22.7. The molecule has 0 aromatic heterocycles. The van der Waals surface area contributed by atoms with E-state index >= 15 is 0 Å². The molecule has 3 aromatic rings. The highest BCUT2D eigenvalue weighted by molar-refractivity contribution is 7.80. The van der Waals surface area contributed by atoms with Crippen LogP contribution in [0.5, 0.6) is 0 Å². The number of hydrogen-bond acceptors (Lipinski definition) is 3. The number of hydrogen-bond donors (Lipinski definition) is 1. The molecular formula is C24H19Cl2N3O2S. The topological polar surface area (TPSA) is 52.7 Å². The zero-order valence-corrected chi connectivity index (χ0v) is 19.2. The molecule has 3 aromatic carbocycles. The number of rotatable bonds is 6. The Morgan fingerprint density at radius 2 is 1.50 bits per heavy atom. The summed E-state index contributed by atoms with van der Waals surface area (Å²) in [4.78, 5) is 29.4. The Morgan fingerprint density at radius 1 is 0.906 bits per heavy atom. The minimum atomic E-state index is -0.738. The van der Waals surface area contributed by atoms with Gasteiger partial charge in [0.2, 0.25) is 5.91 Å². The molecule has 0 spiro atoms. The van der Waals surface area contributed by atoms with Crippen molar-refractivity contribution in [3.63, 3.8) is 0 Å². The quantitative estimate of drug-likeness (QED) is 0.468. The van der Waals surface area contributed by atoms with Crippen LogP contribution in [0.15, 0.2) is 78.9 Å². The van der Waals surface area contributed by atoms with Crippen LogP contribution in [0.1, 0.15) is 12.0 Å². The molecule has 8 heteroatoms. The van der Waals surface area contributed by atoms with Gasteiger partial charge in [0.05, 0.1) is 12.1 Å². The van der Waals surface area contributed by atoms with Gasteiger partial charge in [-0.3, -0.25) is 14.5 Å². The Kier molecular flexibility index (Phi) is 6.74. The van der Waals surface area contributed by atoms with E-state index < -0.39 is 6.04 Å². The minimum absolute atomic E-state index is 0.0362. The molecule has 1 N–H and O–H groups in total. The molecule has 0 aliphatic carbocycles. The van der Waals surface area contributed by atoms with Crippen molar-refractivity contribution in [1.82, 2.24) is 4.90 Å². The zero-order valence-electron chi connectivity index (χ0n) is 16.9. The Balaban J connectivity index is 1.60. The smallest absolute Gasteiger partial charge is 0.256 e. The first-order chi connectivity index (χ1) is 15.4. The molecule has 5 nitrogen and oxygen atoms in total. The molecule has 1 aliphatic rings.